The van der Waals surface area contributed by atoms with Crippen molar-refractivity contribution < 1.29 is 23.6 Å². The van der Waals surface area contributed by atoms with E-state index in [2.05, 4.69) is 0 Å². The number of non-ortho nitro benzene ring substituents is 1. The minimum Gasteiger partial charge on any atom is -0.461 e. The maximum absolute atomic E-state index is 13.0. The number of hydrogen-bond donors (Lipinski definition) is 0. The minimum absolute atomic E-state index is 0.0243. The van der Waals surface area contributed by atoms with Gasteiger partial charge in [0, 0.05) is 30.8 Å². The van der Waals surface area contributed by atoms with Crippen LogP contribution in [-0.2, 0) is 20.9 Å². The highest BCUT2D eigenvalue weighted by molar-refractivity contribution is 5.99. The smallest absolute Gasteiger partial charge is 0.311 e. The molecule has 0 aliphatic carbocycles. The SMILES string of the molecule is O=C(OCc1ccc([N+](=O)[O-])cc1)C1CC(=O)N(c2ccc(F)cc2)C1. The zero-order valence-corrected chi connectivity index (χ0v) is 13.6. The molecular weight excluding hydrogens is 343 g/mol. The summed E-state index contributed by atoms with van der Waals surface area (Å²) in [6.45, 7) is 0.141. The molecule has 0 bridgehead atoms. The quantitative estimate of drug-likeness (QED) is 0.466. The molecule has 26 heavy (non-hydrogen) atoms. The average molecular weight is 358 g/mol. The van der Waals surface area contributed by atoms with E-state index < -0.39 is 22.6 Å². The van der Waals surface area contributed by atoms with Gasteiger partial charge in [-0.3, -0.25) is 19.7 Å². The predicted octanol–water partition coefficient (Wildman–Crippen LogP) is 2.83. The molecule has 2 aromatic rings. The van der Waals surface area contributed by atoms with Crippen molar-refractivity contribution in [3.05, 3.63) is 70.0 Å². The first-order valence-corrected chi connectivity index (χ1v) is 7.90. The number of hydrogen-bond acceptors (Lipinski definition) is 5. The number of nitro groups is 1. The van der Waals surface area contributed by atoms with Gasteiger partial charge >= 0.3 is 5.97 Å². The van der Waals surface area contributed by atoms with Crippen LogP contribution in [-0.4, -0.2) is 23.3 Å². The van der Waals surface area contributed by atoms with Crippen LogP contribution in [0.5, 0.6) is 0 Å². The van der Waals surface area contributed by atoms with Gasteiger partial charge in [0.25, 0.3) is 5.69 Å². The van der Waals surface area contributed by atoms with Crippen LogP contribution in [0.2, 0.25) is 0 Å². The highest BCUT2D eigenvalue weighted by atomic mass is 19.1. The van der Waals surface area contributed by atoms with Crippen LogP contribution in [0.4, 0.5) is 15.8 Å². The number of ether oxygens (including phenoxy) is 1. The van der Waals surface area contributed by atoms with Gasteiger partial charge in [0.2, 0.25) is 5.91 Å². The Kier molecular flexibility index (Phi) is 4.92. The number of esters is 1. The Morgan fingerprint density at radius 1 is 1.19 bits per heavy atom. The highest BCUT2D eigenvalue weighted by Gasteiger charge is 2.36. The van der Waals surface area contributed by atoms with Gasteiger partial charge in [-0.05, 0) is 42.0 Å². The Balaban J connectivity index is 1.57. The number of carbonyl (C=O) groups is 2. The van der Waals surface area contributed by atoms with Crippen molar-refractivity contribution >= 4 is 23.3 Å². The summed E-state index contributed by atoms with van der Waals surface area (Å²) in [5, 5.41) is 10.6. The maximum atomic E-state index is 13.0. The molecule has 134 valence electrons. The van der Waals surface area contributed by atoms with E-state index in [1.807, 2.05) is 0 Å². The van der Waals surface area contributed by atoms with E-state index in [1.54, 1.807) is 0 Å². The molecule has 1 aliphatic heterocycles. The van der Waals surface area contributed by atoms with Crippen molar-refractivity contribution in [2.45, 2.75) is 13.0 Å². The minimum atomic E-state index is -0.606. The van der Waals surface area contributed by atoms with E-state index >= 15 is 0 Å². The van der Waals surface area contributed by atoms with E-state index in [4.69, 9.17) is 4.74 Å². The summed E-state index contributed by atoms with van der Waals surface area (Å²) in [4.78, 5) is 35.8. The lowest BCUT2D eigenvalue weighted by Crippen LogP contribution is -2.26. The zero-order valence-electron chi connectivity index (χ0n) is 13.6. The number of carbonyl (C=O) groups excluding carboxylic acids is 2. The van der Waals surface area contributed by atoms with E-state index in [-0.39, 0.29) is 31.2 Å². The number of benzene rings is 2. The predicted molar refractivity (Wildman–Crippen MR) is 89.8 cm³/mol. The molecule has 8 heteroatoms. The molecule has 1 heterocycles. The zero-order chi connectivity index (χ0) is 18.7. The summed E-state index contributed by atoms with van der Waals surface area (Å²) < 4.78 is 18.2. The molecule has 7 nitrogen and oxygen atoms in total. The second-order valence-electron chi connectivity index (χ2n) is 5.91. The molecule has 0 saturated carbocycles. The fraction of sp³-hybridized carbons (Fsp3) is 0.222. The topological polar surface area (TPSA) is 89.7 Å². The van der Waals surface area contributed by atoms with Gasteiger partial charge in [0.15, 0.2) is 0 Å². The number of nitro benzene ring substituents is 1. The summed E-state index contributed by atoms with van der Waals surface area (Å²) in [5.74, 6) is -1.75. The number of amides is 1. The second kappa shape index (κ2) is 7.30. The fourth-order valence-electron chi connectivity index (χ4n) is 2.72. The molecule has 1 fully saturated rings. The lowest BCUT2D eigenvalue weighted by atomic mass is 10.1. The molecule has 1 amide bonds. The molecule has 1 aliphatic rings. The standard InChI is InChI=1S/C18H15FN2O5/c19-14-3-7-15(8-4-14)20-10-13(9-17(20)22)18(23)26-11-12-1-5-16(6-2-12)21(24)25/h1-8,13H,9-11H2. The Hall–Kier alpha value is -3.29. The van der Waals surface area contributed by atoms with E-state index in [0.717, 1.165) is 0 Å². The van der Waals surface area contributed by atoms with Crippen LogP contribution < -0.4 is 4.90 Å². The number of rotatable bonds is 5. The van der Waals surface area contributed by atoms with Crippen molar-refractivity contribution in [1.82, 2.24) is 0 Å². The lowest BCUT2D eigenvalue weighted by Gasteiger charge is -2.16. The molecular formula is C18H15FN2O5. The molecule has 1 unspecified atom stereocenters. The van der Waals surface area contributed by atoms with Gasteiger partial charge < -0.3 is 9.64 Å². The maximum Gasteiger partial charge on any atom is 0.311 e. The van der Waals surface area contributed by atoms with Crippen LogP contribution in [0.1, 0.15) is 12.0 Å². The number of nitrogens with zero attached hydrogens (tertiary/aromatic N) is 2. The van der Waals surface area contributed by atoms with E-state index in [1.165, 1.54) is 53.4 Å². The first-order chi connectivity index (χ1) is 12.4. The third kappa shape index (κ3) is 3.85. The Morgan fingerprint density at radius 3 is 2.46 bits per heavy atom. The summed E-state index contributed by atoms with van der Waals surface area (Å²) in [7, 11) is 0. The average Bonchev–Trinajstić information content (AvgIpc) is 3.02. The summed E-state index contributed by atoms with van der Waals surface area (Å²) in [6, 6.07) is 11.2. The largest absolute Gasteiger partial charge is 0.461 e. The Morgan fingerprint density at radius 2 is 1.85 bits per heavy atom. The van der Waals surface area contributed by atoms with Gasteiger partial charge in [-0.15, -0.1) is 0 Å². The molecule has 0 N–H and O–H groups in total. The first-order valence-electron chi connectivity index (χ1n) is 7.90. The molecule has 1 atom stereocenters. The normalized spacial score (nSPS) is 16.6. The third-order valence-corrected chi connectivity index (χ3v) is 4.12. The van der Waals surface area contributed by atoms with Crippen molar-refractivity contribution in [2.24, 2.45) is 5.92 Å². The molecule has 2 aromatic carbocycles. The van der Waals surface area contributed by atoms with Gasteiger partial charge in [-0.25, -0.2) is 4.39 Å². The molecule has 0 spiro atoms. The van der Waals surface area contributed by atoms with E-state index in [0.29, 0.717) is 11.3 Å². The van der Waals surface area contributed by atoms with Crippen molar-refractivity contribution in [2.75, 3.05) is 11.4 Å². The number of anilines is 1. The highest BCUT2D eigenvalue weighted by Crippen LogP contribution is 2.26. The van der Waals surface area contributed by atoms with Crippen molar-refractivity contribution in [3.63, 3.8) is 0 Å². The van der Waals surface area contributed by atoms with Crippen LogP contribution in [0, 0.1) is 21.8 Å². The van der Waals surface area contributed by atoms with Gasteiger partial charge in [-0.2, -0.15) is 0 Å². The second-order valence-corrected chi connectivity index (χ2v) is 5.91. The van der Waals surface area contributed by atoms with Crippen LogP contribution in [0.25, 0.3) is 0 Å². The van der Waals surface area contributed by atoms with Gasteiger partial charge in [-0.1, -0.05) is 0 Å². The Labute approximate surface area is 148 Å². The summed E-state index contributed by atoms with van der Waals surface area (Å²) >= 11 is 0. The number of halogens is 1. The van der Waals surface area contributed by atoms with Crippen LogP contribution in [0.3, 0.4) is 0 Å². The molecule has 0 aromatic heterocycles. The van der Waals surface area contributed by atoms with E-state index in [9.17, 15) is 24.1 Å². The van der Waals surface area contributed by atoms with Crippen LogP contribution in [0.15, 0.2) is 48.5 Å². The van der Waals surface area contributed by atoms with Gasteiger partial charge in [0.05, 0.1) is 10.8 Å². The first kappa shape index (κ1) is 17.5. The molecule has 3 rings (SSSR count). The fourth-order valence-corrected chi connectivity index (χ4v) is 2.72. The monoisotopic (exact) mass is 358 g/mol. The van der Waals surface area contributed by atoms with Gasteiger partial charge in [0.1, 0.15) is 12.4 Å². The molecule has 1 saturated heterocycles. The third-order valence-electron chi connectivity index (χ3n) is 4.12. The van der Waals surface area contributed by atoms with Crippen molar-refractivity contribution in [3.8, 4) is 0 Å². The Bertz CT molecular complexity index is 836. The molecule has 0 radical (unpaired) electrons. The summed E-state index contributed by atoms with van der Waals surface area (Å²) in [6.07, 6.45) is 0.0243. The van der Waals surface area contributed by atoms with Crippen molar-refractivity contribution in [1.29, 1.82) is 0 Å². The van der Waals surface area contributed by atoms with Crippen LogP contribution >= 0.6 is 0 Å². The summed E-state index contributed by atoms with van der Waals surface area (Å²) in [5.41, 5.74) is 1.10. The lowest BCUT2D eigenvalue weighted by molar-refractivity contribution is -0.384.